The summed E-state index contributed by atoms with van der Waals surface area (Å²) >= 11 is 4.63. The molecule has 28 heavy (non-hydrogen) atoms. The molecule has 2 heteroatoms. The van der Waals surface area contributed by atoms with Crippen LogP contribution in [0, 0.1) is 0 Å². The van der Waals surface area contributed by atoms with Gasteiger partial charge in [-0.15, -0.1) is 0 Å². The molecule has 0 fully saturated rings. The molecule has 167 valence electrons. The summed E-state index contributed by atoms with van der Waals surface area (Å²) in [6.07, 6.45) is 33.2. The van der Waals surface area contributed by atoms with Gasteiger partial charge in [-0.2, -0.15) is 0 Å². The summed E-state index contributed by atoms with van der Waals surface area (Å²) < 4.78 is 0. The summed E-state index contributed by atoms with van der Waals surface area (Å²) in [6.45, 7) is 3.30. The molecule has 0 rings (SSSR count). The molecular formula is C26H52NS. The monoisotopic (exact) mass is 410 g/mol. The molecule has 0 bridgehead atoms. The van der Waals surface area contributed by atoms with Crippen LogP contribution >= 0.6 is 12.2 Å². The molecule has 0 aliphatic heterocycles. The van der Waals surface area contributed by atoms with Crippen molar-refractivity contribution >= 4 is 17.7 Å². The Balaban J connectivity index is 2.97. The minimum atomic E-state index is 1.00. The van der Waals surface area contributed by atoms with Gasteiger partial charge in [-0.05, 0) is 6.42 Å². The third-order valence-corrected chi connectivity index (χ3v) is 6.12. The van der Waals surface area contributed by atoms with Crippen molar-refractivity contribution in [3.05, 3.63) is 0 Å². The Morgan fingerprint density at radius 2 is 0.679 bits per heavy atom. The molecule has 0 saturated carbocycles. The number of hydrogen-bond donors (Lipinski definition) is 1. The van der Waals surface area contributed by atoms with Gasteiger partial charge in [0.15, 0.2) is 0 Å². The fraction of sp³-hybridized carbons (Fsp3) is 0.962. The highest BCUT2D eigenvalue weighted by Gasteiger charge is 1.95. The molecule has 0 aromatic rings. The highest BCUT2D eigenvalue weighted by molar-refractivity contribution is 7.78. The Bertz CT molecular complexity index is 280. The lowest BCUT2D eigenvalue weighted by Crippen LogP contribution is -2.10. The molecule has 1 nitrogen and oxygen atoms in total. The van der Waals surface area contributed by atoms with Crippen LogP contribution in [0.4, 0.5) is 0 Å². The molecule has 0 heterocycles. The van der Waals surface area contributed by atoms with Crippen molar-refractivity contribution in [3.8, 4) is 0 Å². The van der Waals surface area contributed by atoms with Gasteiger partial charge in [0.2, 0.25) is 0 Å². The first-order valence-corrected chi connectivity index (χ1v) is 13.4. The van der Waals surface area contributed by atoms with Crippen molar-refractivity contribution in [2.45, 2.75) is 155 Å². The Morgan fingerprint density at radius 3 is 0.929 bits per heavy atom. The summed E-state index contributed by atoms with van der Waals surface area (Å²) in [6, 6.07) is 0. The van der Waals surface area contributed by atoms with Gasteiger partial charge in [-0.25, -0.2) is 0 Å². The minimum Gasteiger partial charge on any atom is -0.374 e. The third-order valence-electron chi connectivity index (χ3n) is 5.98. The maximum Gasteiger partial charge on any atom is 0.134 e. The van der Waals surface area contributed by atoms with Gasteiger partial charge in [-0.1, -0.05) is 160 Å². The summed E-state index contributed by atoms with van der Waals surface area (Å²) in [7, 11) is 0. The first-order valence-electron chi connectivity index (χ1n) is 13.0. The number of thiocarbonyl (C=S) groups is 1. The Hall–Kier alpha value is -0.110. The highest BCUT2D eigenvalue weighted by atomic mass is 32.1. The second-order valence-electron chi connectivity index (χ2n) is 8.81. The van der Waals surface area contributed by atoms with Gasteiger partial charge in [0, 0.05) is 6.54 Å². The minimum absolute atomic E-state index is 1.00. The van der Waals surface area contributed by atoms with Gasteiger partial charge in [0.25, 0.3) is 0 Å². The average Bonchev–Trinajstić information content (AvgIpc) is 2.71. The maximum atomic E-state index is 4.63. The van der Waals surface area contributed by atoms with E-state index in [0.717, 1.165) is 6.54 Å². The molecule has 0 aliphatic rings. The van der Waals surface area contributed by atoms with Crippen LogP contribution in [0.5, 0.6) is 0 Å². The summed E-state index contributed by atoms with van der Waals surface area (Å²) in [5.74, 6) is 0. The van der Waals surface area contributed by atoms with Crippen LogP contribution in [-0.4, -0.2) is 12.0 Å². The van der Waals surface area contributed by atoms with E-state index in [1.165, 1.54) is 148 Å². The lowest BCUT2D eigenvalue weighted by Gasteiger charge is -2.04. The van der Waals surface area contributed by atoms with Gasteiger partial charge in [0.1, 0.15) is 5.49 Å². The second-order valence-corrected chi connectivity index (χ2v) is 9.01. The molecule has 1 N–H and O–H groups in total. The standard InChI is InChI=1S/C26H52NS/c1-2-3-4-5-6-7-8-9-10-11-12-13-14-15-16-17-18-19-20-21-22-23-24-25-27-26-28/h2-25H2,1H3,(H,27,28). The largest absolute Gasteiger partial charge is 0.374 e. The van der Waals surface area contributed by atoms with E-state index in [0.29, 0.717) is 0 Å². The van der Waals surface area contributed by atoms with Crippen LogP contribution in [-0.2, 0) is 0 Å². The number of hydrogen-bond acceptors (Lipinski definition) is 1. The van der Waals surface area contributed by atoms with E-state index in [-0.39, 0.29) is 0 Å². The first-order chi connectivity index (χ1) is 13.9. The van der Waals surface area contributed by atoms with Crippen molar-refractivity contribution in [2.24, 2.45) is 0 Å². The Morgan fingerprint density at radius 1 is 0.429 bits per heavy atom. The van der Waals surface area contributed by atoms with Crippen LogP contribution < -0.4 is 5.32 Å². The fourth-order valence-corrected chi connectivity index (χ4v) is 4.15. The zero-order valence-corrected chi connectivity index (χ0v) is 20.2. The maximum absolute atomic E-state index is 4.63. The van der Waals surface area contributed by atoms with Gasteiger partial charge < -0.3 is 5.32 Å². The normalized spacial score (nSPS) is 11.0. The quantitative estimate of drug-likeness (QED) is 0.0913. The van der Waals surface area contributed by atoms with Crippen molar-refractivity contribution < 1.29 is 0 Å². The zero-order chi connectivity index (χ0) is 20.4. The van der Waals surface area contributed by atoms with Crippen molar-refractivity contribution in [1.82, 2.24) is 5.32 Å². The van der Waals surface area contributed by atoms with Gasteiger partial charge >= 0.3 is 0 Å². The van der Waals surface area contributed by atoms with Crippen molar-refractivity contribution in [3.63, 3.8) is 0 Å². The van der Waals surface area contributed by atoms with E-state index in [2.05, 4.69) is 29.9 Å². The lowest BCUT2D eigenvalue weighted by molar-refractivity contribution is 0.518. The SMILES string of the molecule is CCCCCCCCCCCCCCCCCCCCCCCCCN[C]=S. The molecule has 0 aromatic heterocycles. The number of unbranched alkanes of at least 4 members (excludes halogenated alkanes) is 22. The first kappa shape index (κ1) is 27.9. The molecule has 0 amide bonds. The Kier molecular flexibility index (Phi) is 26.8. The van der Waals surface area contributed by atoms with Crippen LogP contribution in [0.2, 0.25) is 0 Å². The zero-order valence-electron chi connectivity index (χ0n) is 19.4. The summed E-state index contributed by atoms with van der Waals surface area (Å²) in [5, 5.41) is 2.98. The molecule has 1 radical (unpaired) electrons. The fourth-order valence-electron chi connectivity index (χ4n) is 4.05. The lowest BCUT2D eigenvalue weighted by atomic mass is 10.0. The molecule has 0 aliphatic carbocycles. The van der Waals surface area contributed by atoms with Crippen LogP contribution in [0.25, 0.3) is 0 Å². The molecule has 0 spiro atoms. The average molecular weight is 411 g/mol. The Labute approximate surface area is 184 Å². The molecule has 0 atom stereocenters. The molecule has 0 unspecified atom stereocenters. The van der Waals surface area contributed by atoms with Gasteiger partial charge in [-0.3, -0.25) is 0 Å². The van der Waals surface area contributed by atoms with E-state index < -0.39 is 0 Å². The second kappa shape index (κ2) is 26.9. The molecule has 0 aromatic carbocycles. The van der Waals surface area contributed by atoms with Crippen LogP contribution in [0.3, 0.4) is 0 Å². The number of rotatable bonds is 25. The van der Waals surface area contributed by atoms with E-state index in [1.807, 2.05) is 0 Å². The summed E-state index contributed by atoms with van der Waals surface area (Å²) in [4.78, 5) is 0. The van der Waals surface area contributed by atoms with Crippen molar-refractivity contribution in [2.75, 3.05) is 6.54 Å². The predicted molar refractivity (Wildman–Crippen MR) is 132 cm³/mol. The smallest absolute Gasteiger partial charge is 0.134 e. The van der Waals surface area contributed by atoms with Crippen LogP contribution in [0.1, 0.15) is 155 Å². The van der Waals surface area contributed by atoms with Gasteiger partial charge in [0.05, 0.1) is 0 Å². The predicted octanol–water partition coefficient (Wildman–Crippen LogP) is 9.40. The number of nitrogens with one attached hydrogen (secondary N) is 1. The van der Waals surface area contributed by atoms with E-state index in [1.54, 1.807) is 0 Å². The molecule has 0 saturated heterocycles. The van der Waals surface area contributed by atoms with E-state index in [4.69, 9.17) is 0 Å². The topological polar surface area (TPSA) is 12.0 Å². The van der Waals surface area contributed by atoms with Crippen LogP contribution in [0.15, 0.2) is 0 Å². The van der Waals surface area contributed by atoms with Crippen molar-refractivity contribution in [1.29, 1.82) is 0 Å². The third kappa shape index (κ3) is 25.9. The van der Waals surface area contributed by atoms with E-state index >= 15 is 0 Å². The molecular weight excluding hydrogens is 358 g/mol. The summed E-state index contributed by atoms with van der Waals surface area (Å²) in [5.41, 5.74) is 2.57. The van der Waals surface area contributed by atoms with E-state index in [9.17, 15) is 0 Å². The highest BCUT2D eigenvalue weighted by Crippen LogP contribution is 2.15.